The summed E-state index contributed by atoms with van der Waals surface area (Å²) in [5.74, 6) is 0.947. The van der Waals surface area contributed by atoms with Crippen molar-refractivity contribution >= 4 is 17.7 Å². The van der Waals surface area contributed by atoms with E-state index in [0.29, 0.717) is 56.5 Å². The van der Waals surface area contributed by atoms with E-state index in [1.807, 2.05) is 30.9 Å². The van der Waals surface area contributed by atoms with E-state index < -0.39 is 6.09 Å². The number of hydrogen-bond acceptors (Lipinski definition) is 8. The van der Waals surface area contributed by atoms with Crippen LogP contribution in [-0.4, -0.2) is 89.2 Å². The van der Waals surface area contributed by atoms with Crippen molar-refractivity contribution in [3.05, 3.63) is 53.6 Å². The van der Waals surface area contributed by atoms with Crippen molar-refractivity contribution in [1.29, 1.82) is 0 Å². The molecule has 10 heteroatoms. The Bertz CT molecular complexity index is 1170. The molecule has 0 radical (unpaired) electrons. The van der Waals surface area contributed by atoms with Crippen molar-refractivity contribution in [3.8, 4) is 11.5 Å². The zero-order valence-corrected chi connectivity index (χ0v) is 25.4. The number of para-hydroxylation sites is 1. The van der Waals surface area contributed by atoms with Crippen LogP contribution in [0.1, 0.15) is 49.0 Å². The Morgan fingerprint density at radius 3 is 2.57 bits per heavy atom. The number of benzene rings is 2. The molecular formula is C32H46N4O6. The predicted octanol–water partition coefficient (Wildman–Crippen LogP) is 4.08. The Morgan fingerprint density at radius 2 is 1.83 bits per heavy atom. The van der Waals surface area contributed by atoms with E-state index in [1.54, 1.807) is 32.4 Å². The Labute approximate surface area is 249 Å². The lowest BCUT2D eigenvalue weighted by Crippen LogP contribution is -2.44. The number of hydrogen-bond donors (Lipinski definition) is 2. The average molecular weight is 583 g/mol. The first-order chi connectivity index (χ1) is 20.4. The largest absolute Gasteiger partial charge is 0.493 e. The minimum absolute atomic E-state index is 0.0398. The lowest BCUT2D eigenvalue weighted by molar-refractivity contribution is 0.0521. The molecule has 2 saturated heterocycles. The summed E-state index contributed by atoms with van der Waals surface area (Å²) in [7, 11) is 3.23. The summed E-state index contributed by atoms with van der Waals surface area (Å²) in [4.78, 5) is 30.8. The maximum atomic E-state index is 13.7. The third-order valence-electron chi connectivity index (χ3n) is 7.87. The molecule has 0 aliphatic carbocycles. The fraction of sp³-hybridized carbons (Fsp3) is 0.562. The van der Waals surface area contributed by atoms with E-state index in [4.69, 9.17) is 18.9 Å². The zero-order valence-electron chi connectivity index (χ0n) is 25.4. The van der Waals surface area contributed by atoms with E-state index in [9.17, 15) is 9.59 Å². The fourth-order valence-electron chi connectivity index (χ4n) is 5.56. The number of nitrogens with zero attached hydrogens (tertiary/aromatic N) is 2. The number of nitrogens with one attached hydrogen (secondary N) is 2. The SMILES string of the molecule is COCCCOc1cc(C(=O)N(C[C@H]2CNC[C@H]2OC(=O)NCc2ccccc2N2CCCC2)C(C)C)ccc1OC. The van der Waals surface area contributed by atoms with Crippen molar-refractivity contribution in [2.45, 2.75) is 51.8 Å². The molecule has 2 N–H and O–H groups in total. The summed E-state index contributed by atoms with van der Waals surface area (Å²) in [5.41, 5.74) is 2.77. The summed E-state index contributed by atoms with van der Waals surface area (Å²) in [6.45, 7) is 9.17. The first-order valence-corrected chi connectivity index (χ1v) is 15.0. The van der Waals surface area contributed by atoms with Gasteiger partial charge >= 0.3 is 6.09 Å². The average Bonchev–Trinajstić information content (AvgIpc) is 3.69. The molecule has 42 heavy (non-hydrogen) atoms. The molecule has 2 aliphatic heterocycles. The van der Waals surface area contributed by atoms with Gasteiger partial charge in [0.1, 0.15) is 6.10 Å². The van der Waals surface area contributed by atoms with Crippen molar-refractivity contribution in [3.63, 3.8) is 0 Å². The summed E-state index contributed by atoms with van der Waals surface area (Å²) in [6, 6.07) is 13.4. The Kier molecular flexibility index (Phi) is 11.7. The van der Waals surface area contributed by atoms with E-state index in [2.05, 4.69) is 27.7 Å². The number of rotatable bonds is 14. The normalized spacial score (nSPS) is 18.3. The van der Waals surface area contributed by atoms with Crippen LogP contribution in [-0.2, 0) is 16.0 Å². The first-order valence-electron chi connectivity index (χ1n) is 15.0. The van der Waals surface area contributed by atoms with Gasteiger partial charge in [0.25, 0.3) is 5.91 Å². The van der Waals surface area contributed by atoms with Gasteiger partial charge in [-0.3, -0.25) is 4.79 Å². The molecule has 10 nitrogen and oxygen atoms in total. The van der Waals surface area contributed by atoms with Gasteiger partial charge < -0.3 is 39.4 Å². The molecule has 0 unspecified atom stereocenters. The summed E-state index contributed by atoms with van der Waals surface area (Å²) in [6.07, 6.45) is 2.32. The van der Waals surface area contributed by atoms with Crippen LogP contribution in [0.5, 0.6) is 11.5 Å². The van der Waals surface area contributed by atoms with Crippen LogP contribution >= 0.6 is 0 Å². The summed E-state index contributed by atoms with van der Waals surface area (Å²) >= 11 is 0. The maximum absolute atomic E-state index is 13.7. The molecule has 2 heterocycles. The minimum Gasteiger partial charge on any atom is -0.493 e. The van der Waals surface area contributed by atoms with Gasteiger partial charge in [-0.2, -0.15) is 0 Å². The van der Waals surface area contributed by atoms with Crippen LogP contribution in [0.2, 0.25) is 0 Å². The molecule has 2 aliphatic rings. The number of anilines is 1. The minimum atomic E-state index is -0.447. The highest BCUT2D eigenvalue weighted by molar-refractivity contribution is 5.95. The molecule has 2 fully saturated rings. The van der Waals surface area contributed by atoms with Crippen molar-refractivity contribution in [1.82, 2.24) is 15.5 Å². The van der Waals surface area contributed by atoms with Crippen LogP contribution in [0.15, 0.2) is 42.5 Å². The quantitative estimate of drug-likeness (QED) is 0.322. The van der Waals surface area contributed by atoms with E-state index in [1.165, 1.54) is 18.5 Å². The fourth-order valence-corrected chi connectivity index (χ4v) is 5.56. The lowest BCUT2D eigenvalue weighted by atomic mass is 10.0. The molecule has 4 rings (SSSR count). The topological polar surface area (TPSA) is 102 Å². The molecular weight excluding hydrogens is 536 g/mol. The molecule has 0 saturated carbocycles. The predicted molar refractivity (Wildman–Crippen MR) is 163 cm³/mol. The molecule has 0 spiro atoms. The third kappa shape index (κ3) is 8.29. The second-order valence-electron chi connectivity index (χ2n) is 11.2. The molecule has 0 aromatic heterocycles. The van der Waals surface area contributed by atoms with Gasteiger partial charge in [-0.1, -0.05) is 18.2 Å². The van der Waals surface area contributed by atoms with Gasteiger partial charge in [-0.15, -0.1) is 0 Å². The highest BCUT2D eigenvalue weighted by Gasteiger charge is 2.34. The van der Waals surface area contributed by atoms with Gasteiger partial charge in [0.15, 0.2) is 11.5 Å². The molecule has 2 atom stereocenters. The van der Waals surface area contributed by atoms with Crippen LogP contribution < -0.4 is 25.0 Å². The summed E-state index contributed by atoms with van der Waals surface area (Å²) in [5, 5.41) is 6.28. The molecule has 0 bridgehead atoms. The summed E-state index contributed by atoms with van der Waals surface area (Å²) < 4.78 is 22.3. The maximum Gasteiger partial charge on any atom is 0.407 e. The lowest BCUT2D eigenvalue weighted by Gasteiger charge is -2.31. The third-order valence-corrected chi connectivity index (χ3v) is 7.87. The molecule has 2 amide bonds. The molecule has 2 aromatic rings. The van der Waals surface area contributed by atoms with E-state index >= 15 is 0 Å². The van der Waals surface area contributed by atoms with Crippen LogP contribution in [0.3, 0.4) is 0 Å². The van der Waals surface area contributed by atoms with Gasteiger partial charge in [-0.05, 0) is 56.5 Å². The van der Waals surface area contributed by atoms with Crippen LogP contribution in [0.4, 0.5) is 10.5 Å². The monoisotopic (exact) mass is 582 g/mol. The second-order valence-corrected chi connectivity index (χ2v) is 11.2. The Morgan fingerprint density at radius 1 is 1.05 bits per heavy atom. The van der Waals surface area contributed by atoms with E-state index in [-0.39, 0.29) is 24.0 Å². The van der Waals surface area contributed by atoms with Gasteiger partial charge in [0, 0.05) is 82.6 Å². The van der Waals surface area contributed by atoms with Gasteiger partial charge in [-0.25, -0.2) is 4.79 Å². The molecule has 230 valence electrons. The Balaban J connectivity index is 1.36. The second kappa shape index (κ2) is 15.7. The van der Waals surface area contributed by atoms with Gasteiger partial charge in [0.2, 0.25) is 0 Å². The highest BCUT2D eigenvalue weighted by atomic mass is 16.6. The number of carbonyl (C=O) groups excluding carboxylic acids is 2. The Hall–Kier alpha value is -3.50. The number of carbonyl (C=O) groups is 2. The van der Waals surface area contributed by atoms with Gasteiger partial charge in [0.05, 0.1) is 13.7 Å². The number of amides is 2. The smallest absolute Gasteiger partial charge is 0.407 e. The number of methoxy groups -OCH3 is 2. The highest BCUT2D eigenvalue weighted by Crippen LogP contribution is 2.30. The first kappa shape index (κ1) is 31.4. The number of alkyl carbamates (subject to hydrolysis) is 1. The van der Waals surface area contributed by atoms with E-state index in [0.717, 1.165) is 25.1 Å². The van der Waals surface area contributed by atoms with Crippen molar-refractivity contribution < 1.29 is 28.5 Å². The zero-order chi connectivity index (χ0) is 29.9. The standard InChI is InChI=1S/C32H46N4O6/c1-23(2)36(31(37)24-12-13-28(40-4)29(18-24)41-17-9-16-39-3)22-26-19-33-21-30(26)42-32(38)34-20-25-10-5-6-11-27(25)35-14-7-8-15-35/h5-6,10-13,18,23,26,30,33H,7-9,14-17,19-22H2,1-4H3,(H,34,38)/t26-,30-/m1/s1. The van der Waals surface area contributed by atoms with Crippen molar-refractivity contribution in [2.75, 3.05) is 65.1 Å². The van der Waals surface area contributed by atoms with Crippen molar-refractivity contribution in [2.24, 2.45) is 5.92 Å². The molecule has 2 aromatic carbocycles. The van der Waals surface area contributed by atoms with Crippen LogP contribution in [0.25, 0.3) is 0 Å². The number of ether oxygens (including phenoxy) is 4. The van der Waals surface area contributed by atoms with Crippen LogP contribution in [0, 0.1) is 5.92 Å².